The van der Waals surface area contributed by atoms with Crippen molar-refractivity contribution in [3.63, 3.8) is 0 Å². The standard InChI is InChI=1S/C9H18N2O/c1-4-5-11-9(12)8(6-10)7(2)3/h4,7-8H,1,5-6,10H2,2-3H3,(H,11,12). The first-order chi connectivity index (χ1) is 5.63. The van der Waals surface area contributed by atoms with Gasteiger partial charge in [-0.1, -0.05) is 19.9 Å². The Morgan fingerprint density at radius 2 is 2.25 bits per heavy atom. The first-order valence-electron chi connectivity index (χ1n) is 4.22. The van der Waals surface area contributed by atoms with Crippen LogP contribution in [0.25, 0.3) is 0 Å². The lowest BCUT2D eigenvalue weighted by atomic mass is 9.95. The van der Waals surface area contributed by atoms with E-state index in [1.165, 1.54) is 0 Å². The van der Waals surface area contributed by atoms with E-state index in [1.807, 2.05) is 13.8 Å². The smallest absolute Gasteiger partial charge is 0.224 e. The maximum Gasteiger partial charge on any atom is 0.224 e. The second-order valence-corrected chi connectivity index (χ2v) is 3.12. The molecule has 0 aliphatic carbocycles. The molecule has 1 atom stereocenters. The van der Waals surface area contributed by atoms with Gasteiger partial charge >= 0.3 is 0 Å². The summed E-state index contributed by atoms with van der Waals surface area (Å²) in [5.41, 5.74) is 5.46. The summed E-state index contributed by atoms with van der Waals surface area (Å²) in [7, 11) is 0. The Bertz CT molecular complexity index is 155. The van der Waals surface area contributed by atoms with Crippen molar-refractivity contribution in [2.75, 3.05) is 13.1 Å². The molecule has 0 saturated carbocycles. The highest BCUT2D eigenvalue weighted by molar-refractivity contribution is 5.79. The van der Waals surface area contributed by atoms with Gasteiger partial charge in [-0.15, -0.1) is 6.58 Å². The summed E-state index contributed by atoms with van der Waals surface area (Å²) in [5.74, 6) is 0.233. The number of nitrogens with two attached hydrogens (primary N) is 1. The van der Waals surface area contributed by atoms with E-state index in [0.29, 0.717) is 19.0 Å². The Balaban J connectivity index is 3.94. The fraction of sp³-hybridized carbons (Fsp3) is 0.667. The molecular formula is C9H18N2O. The molecular weight excluding hydrogens is 152 g/mol. The van der Waals surface area contributed by atoms with Crippen molar-refractivity contribution in [1.82, 2.24) is 5.32 Å². The van der Waals surface area contributed by atoms with E-state index < -0.39 is 0 Å². The molecule has 0 fully saturated rings. The van der Waals surface area contributed by atoms with Crippen molar-refractivity contribution in [2.24, 2.45) is 17.6 Å². The van der Waals surface area contributed by atoms with E-state index in [0.717, 1.165) is 0 Å². The zero-order valence-electron chi connectivity index (χ0n) is 7.84. The van der Waals surface area contributed by atoms with Crippen molar-refractivity contribution < 1.29 is 4.79 Å². The molecule has 1 amide bonds. The Hall–Kier alpha value is -0.830. The second kappa shape index (κ2) is 5.77. The van der Waals surface area contributed by atoms with Crippen LogP contribution < -0.4 is 11.1 Å². The van der Waals surface area contributed by atoms with E-state index in [1.54, 1.807) is 6.08 Å². The molecule has 3 N–H and O–H groups in total. The van der Waals surface area contributed by atoms with Crippen LogP contribution in [0.3, 0.4) is 0 Å². The molecule has 0 aliphatic rings. The Morgan fingerprint density at radius 1 is 1.67 bits per heavy atom. The number of hydrogen-bond donors (Lipinski definition) is 2. The van der Waals surface area contributed by atoms with Crippen molar-refractivity contribution in [3.8, 4) is 0 Å². The van der Waals surface area contributed by atoms with Gasteiger partial charge in [-0.05, 0) is 5.92 Å². The summed E-state index contributed by atoms with van der Waals surface area (Å²) in [5, 5.41) is 2.73. The van der Waals surface area contributed by atoms with Gasteiger partial charge in [0.2, 0.25) is 5.91 Å². The molecule has 0 aromatic heterocycles. The van der Waals surface area contributed by atoms with Gasteiger partial charge in [-0.2, -0.15) is 0 Å². The SMILES string of the molecule is C=CCNC(=O)C(CN)C(C)C. The predicted octanol–water partition coefficient (Wildman–Crippen LogP) is 0.519. The van der Waals surface area contributed by atoms with E-state index in [2.05, 4.69) is 11.9 Å². The second-order valence-electron chi connectivity index (χ2n) is 3.12. The van der Waals surface area contributed by atoms with Gasteiger partial charge < -0.3 is 11.1 Å². The number of carbonyl (C=O) groups excluding carboxylic acids is 1. The summed E-state index contributed by atoms with van der Waals surface area (Å²) < 4.78 is 0. The number of carbonyl (C=O) groups is 1. The van der Waals surface area contributed by atoms with Gasteiger partial charge in [0, 0.05) is 13.1 Å². The summed E-state index contributed by atoms with van der Waals surface area (Å²) in [6, 6.07) is 0. The molecule has 1 unspecified atom stereocenters. The van der Waals surface area contributed by atoms with Crippen LogP contribution in [-0.4, -0.2) is 19.0 Å². The molecule has 0 aromatic carbocycles. The summed E-state index contributed by atoms with van der Waals surface area (Å²) in [4.78, 5) is 11.3. The topological polar surface area (TPSA) is 55.1 Å². The van der Waals surface area contributed by atoms with Crippen molar-refractivity contribution in [2.45, 2.75) is 13.8 Å². The number of rotatable bonds is 5. The zero-order valence-corrected chi connectivity index (χ0v) is 7.84. The van der Waals surface area contributed by atoms with Crippen LogP contribution in [0, 0.1) is 11.8 Å². The Kier molecular flexibility index (Phi) is 5.37. The summed E-state index contributed by atoms with van der Waals surface area (Å²) in [6.07, 6.45) is 1.66. The van der Waals surface area contributed by atoms with Gasteiger partial charge in [-0.3, -0.25) is 4.79 Å². The Labute approximate surface area is 74.0 Å². The molecule has 0 rings (SSSR count). The largest absolute Gasteiger partial charge is 0.352 e. The lowest BCUT2D eigenvalue weighted by molar-refractivity contribution is -0.125. The molecule has 3 nitrogen and oxygen atoms in total. The molecule has 12 heavy (non-hydrogen) atoms. The molecule has 0 bridgehead atoms. The number of hydrogen-bond acceptors (Lipinski definition) is 2. The van der Waals surface area contributed by atoms with Crippen LogP contribution >= 0.6 is 0 Å². The third-order valence-electron chi connectivity index (χ3n) is 1.82. The van der Waals surface area contributed by atoms with E-state index in [-0.39, 0.29) is 11.8 Å². The minimum Gasteiger partial charge on any atom is -0.352 e. The maximum atomic E-state index is 11.3. The van der Waals surface area contributed by atoms with Gasteiger partial charge in [0.05, 0.1) is 5.92 Å². The zero-order chi connectivity index (χ0) is 9.56. The normalized spacial score (nSPS) is 12.7. The van der Waals surface area contributed by atoms with Gasteiger partial charge in [0.25, 0.3) is 0 Å². The molecule has 0 aromatic rings. The molecule has 0 aliphatic heterocycles. The monoisotopic (exact) mass is 170 g/mol. The average molecular weight is 170 g/mol. The molecule has 0 radical (unpaired) electrons. The van der Waals surface area contributed by atoms with Crippen LogP contribution in [0.15, 0.2) is 12.7 Å². The summed E-state index contributed by atoms with van der Waals surface area (Å²) >= 11 is 0. The van der Waals surface area contributed by atoms with Crippen molar-refractivity contribution in [3.05, 3.63) is 12.7 Å². The highest BCUT2D eigenvalue weighted by Crippen LogP contribution is 2.08. The number of amides is 1. The van der Waals surface area contributed by atoms with Crippen molar-refractivity contribution >= 4 is 5.91 Å². The van der Waals surface area contributed by atoms with Crippen LogP contribution in [0.2, 0.25) is 0 Å². The maximum absolute atomic E-state index is 11.3. The quantitative estimate of drug-likeness (QED) is 0.591. The van der Waals surface area contributed by atoms with E-state index in [4.69, 9.17) is 5.73 Å². The molecule has 3 heteroatoms. The van der Waals surface area contributed by atoms with Crippen LogP contribution in [0.1, 0.15) is 13.8 Å². The lowest BCUT2D eigenvalue weighted by Gasteiger charge is -2.17. The highest BCUT2D eigenvalue weighted by atomic mass is 16.1. The molecule has 0 spiro atoms. The van der Waals surface area contributed by atoms with E-state index in [9.17, 15) is 4.79 Å². The third kappa shape index (κ3) is 3.53. The lowest BCUT2D eigenvalue weighted by Crippen LogP contribution is -2.37. The minimum atomic E-state index is -0.0788. The highest BCUT2D eigenvalue weighted by Gasteiger charge is 2.19. The third-order valence-corrected chi connectivity index (χ3v) is 1.82. The fourth-order valence-electron chi connectivity index (χ4n) is 0.986. The molecule has 0 heterocycles. The number of nitrogens with one attached hydrogen (secondary N) is 1. The molecule has 0 saturated heterocycles. The van der Waals surface area contributed by atoms with E-state index >= 15 is 0 Å². The van der Waals surface area contributed by atoms with Gasteiger partial charge in [-0.25, -0.2) is 0 Å². The summed E-state index contributed by atoms with van der Waals surface area (Å²) in [6.45, 7) is 8.42. The average Bonchev–Trinajstić information content (AvgIpc) is 2.01. The fourth-order valence-corrected chi connectivity index (χ4v) is 0.986. The van der Waals surface area contributed by atoms with Gasteiger partial charge in [0.1, 0.15) is 0 Å². The Morgan fingerprint density at radius 3 is 2.58 bits per heavy atom. The van der Waals surface area contributed by atoms with Crippen LogP contribution in [0.5, 0.6) is 0 Å². The molecule has 70 valence electrons. The van der Waals surface area contributed by atoms with Crippen LogP contribution in [-0.2, 0) is 4.79 Å². The van der Waals surface area contributed by atoms with Crippen molar-refractivity contribution in [1.29, 1.82) is 0 Å². The van der Waals surface area contributed by atoms with Crippen LogP contribution in [0.4, 0.5) is 0 Å². The van der Waals surface area contributed by atoms with Gasteiger partial charge in [0.15, 0.2) is 0 Å². The first-order valence-corrected chi connectivity index (χ1v) is 4.22. The predicted molar refractivity (Wildman–Crippen MR) is 50.6 cm³/mol. The first kappa shape index (κ1) is 11.2. The minimum absolute atomic E-state index is 0.0207.